The molecule has 1 heterocycles. The van der Waals surface area contributed by atoms with Crippen molar-refractivity contribution in [3.63, 3.8) is 0 Å². The van der Waals surface area contributed by atoms with Crippen LogP contribution < -0.4 is 5.32 Å². The van der Waals surface area contributed by atoms with Crippen LogP contribution in [0.3, 0.4) is 0 Å². The van der Waals surface area contributed by atoms with Gasteiger partial charge in [-0.15, -0.1) is 0 Å². The van der Waals surface area contributed by atoms with Gasteiger partial charge in [-0.3, -0.25) is 0 Å². The Hall–Kier alpha value is -2.01. The summed E-state index contributed by atoms with van der Waals surface area (Å²) in [6, 6.07) is 2.61. The van der Waals surface area contributed by atoms with Crippen LogP contribution in [0.15, 0.2) is 39.4 Å². The summed E-state index contributed by atoms with van der Waals surface area (Å²) in [4.78, 5) is 12.0. The molecule has 1 unspecified atom stereocenters. The summed E-state index contributed by atoms with van der Waals surface area (Å²) in [7, 11) is -4.13. The van der Waals surface area contributed by atoms with E-state index in [4.69, 9.17) is 0 Å². The van der Waals surface area contributed by atoms with Crippen LogP contribution in [0.1, 0.15) is 56.9 Å². The number of amides is 2. The van der Waals surface area contributed by atoms with E-state index in [1.165, 1.54) is 23.6 Å². The lowest BCUT2D eigenvalue weighted by molar-refractivity contribution is -0.137. The minimum absolute atomic E-state index is 0.0386. The third kappa shape index (κ3) is 4.60. The molecule has 5 fully saturated rings. The first kappa shape index (κ1) is 23.7. The summed E-state index contributed by atoms with van der Waals surface area (Å²) in [5, 5.41) is 11.1. The Labute approximate surface area is 197 Å². The van der Waals surface area contributed by atoms with Crippen LogP contribution in [0.5, 0.6) is 0 Å². The van der Waals surface area contributed by atoms with E-state index in [1.807, 2.05) is 0 Å². The highest BCUT2D eigenvalue weighted by molar-refractivity contribution is 7.89. The summed E-state index contributed by atoms with van der Waals surface area (Å²) in [5.74, 6) is 2.05. The fraction of sp³-hybridized carbons (Fsp3) is 0.696. The molecular weight excluding hydrogens is 469 g/mol. The maximum absolute atomic E-state index is 13.1. The Balaban J connectivity index is 1.22. The van der Waals surface area contributed by atoms with Crippen LogP contribution in [-0.4, -0.2) is 43.4 Å². The van der Waals surface area contributed by atoms with Gasteiger partial charge in [0, 0.05) is 19.1 Å². The second-order valence-corrected chi connectivity index (χ2v) is 12.4. The molecule has 2 amide bonds. The van der Waals surface area contributed by atoms with Gasteiger partial charge in [-0.05, 0) is 87.3 Å². The molecule has 7 nitrogen and oxygen atoms in total. The first-order valence-electron chi connectivity index (χ1n) is 11.9. The van der Waals surface area contributed by atoms with Crippen molar-refractivity contribution in [1.82, 2.24) is 9.62 Å². The minimum atomic E-state index is -4.63. The van der Waals surface area contributed by atoms with E-state index in [2.05, 4.69) is 15.5 Å². The smallest absolute Gasteiger partial charge is 0.333 e. The number of hydrogen-bond acceptors (Lipinski definition) is 4. The number of alkyl halides is 3. The zero-order valence-corrected chi connectivity index (χ0v) is 19.6. The average molecular weight is 499 g/mol. The van der Waals surface area contributed by atoms with Crippen molar-refractivity contribution in [2.45, 2.75) is 74.0 Å². The van der Waals surface area contributed by atoms with Crippen LogP contribution in [0.2, 0.25) is 0 Å². The number of carbonyl (C=O) groups is 1. The number of azo groups is 1. The maximum atomic E-state index is 13.1. The molecule has 1 aromatic rings. The Morgan fingerprint density at radius 1 is 1.12 bits per heavy atom. The molecule has 1 N–H and O–H groups in total. The quantitative estimate of drug-likeness (QED) is 0.580. The van der Waals surface area contributed by atoms with E-state index >= 15 is 0 Å². The summed E-state index contributed by atoms with van der Waals surface area (Å²) in [6.07, 6.45) is 3.18. The molecule has 34 heavy (non-hydrogen) atoms. The molecular formula is C23H29F3N4O3S. The normalized spacial score (nSPS) is 33.6. The highest BCUT2D eigenvalue weighted by atomic mass is 32.2. The van der Waals surface area contributed by atoms with E-state index in [1.54, 1.807) is 0 Å². The van der Waals surface area contributed by atoms with E-state index in [-0.39, 0.29) is 18.6 Å². The number of benzene rings is 1. The van der Waals surface area contributed by atoms with Crippen LogP contribution in [0, 0.1) is 17.8 Å². The highest BCUT2D eigenvalue weighted by Crippen LogP contribution is 2.57. The first-order valence-corrected chi connectivity index (χ1v) is 13.4. The van der Waals surface area contributed by atoms with Crippen LogP contribution in [0.25, 0.3) is 0 Å². The highest BCUT2D eigenvalue weighted by Gasteiger charge is 2.51. The lowest BCUT2D eigenvalue weighted by Crippen LogP contribution is -2.49. The summed E-state index contributed by atoms with van der Waals surface area (Å²) < 4.78 is 66.5. The fourth-order valence-electron chi connectivity index (χ4n) is 6.88. The van der Waals surface area contributed by atoms with Gasteiger partial charge in [-0.1, -0.05) is 11.2 Å². The maximum Gasteiger partial charge on any atom is 0.416 e. The van der Waals surface area contributed by atoms with Gasteiger partial charge < -0.3 is 5.32 Å². The van der Waals surface area contributed by atoms with Gasteiger partial charge in [-0.2, -0.15) is 22.6 Å². The van der Waals surface area contributed by atoms with E-state index in [0.29, 0.717) is 36.7 Å². The molecule has 1 saturated heterocycles. The lowest BCUT2D eigenvalue weighted by atomic mass is 9.53. The number of rotatable bonds is 5. The summed E-state index contributed by atoms with van der Waals surface area (Å²) >= 11 is 0. The molecule has 5 aliphatic rings. The van der Waals surface area contributed by atoms with Crippen LogP contribution >= 0.6 is 0 Å². The van der Waals surface area contributed by atoms with Crippen molar-refractivity contribution < 1.29 is 26.4 Å². The van der Waals surface area contributed by atoms with Crippen LogP contribution in [-0.2, 0) is 16.2 Å². The standard InChI is InChI=1S/C23H29F3N4O3S/c24-23(25,26)18-3-1-5-20(10-18)34(32,33)30-6-2-4-19(30)14-27-21(31)28-29-22-11-15-7-16(12-22)9-17(8-15)13-22/h1,3,5,10,15-17,19H,2,4,6-9,11-14H2,(H,27,31). The van der Waals surface area contributed by atoms with Gasteiger partial charge in [-0.25, -0.2) is 13.2 Å². The van der Waals surface area contributed by atoms with E-state index < -0.39 is 38.7 Å². The molecule has 186 valence electrons. The molecule has 4 saturated carbocycles. The second kappa shape index (κ2) is 8.58. The third-order valence-corrected chi connectivity index (χ3v) is 9.89. The topological polar surface area (TPSA) is 91.2 Å². The van der Waals surface area contributed by atoms with Crippen molar-refractivity contribution in [2.75, 3.05) is 13.1 Å². The second-order valence-electron chi connectivity index (χ2n) is 10.5. The number of urea groups is 1. The Morgan fingerprint density at radius 3 is 2.38 bits per heavy atom. The number of hydrogen-bond donors (Lipinski definition) is 1. The van der Waals surface area contributed by atoms with E-state index in [0.717, 1.165) is 37.5 Å². The average Bonchev–Trinajstić information content (AvgIpc) is 3.25. The Kier molecular flexibility index (Phi) is 5.99. The number of carbonyl (C=O) groups excluding carboxylic acids is 1. The predicted molar refractivity (Wildman–Crippen MR) is 118 cm³/mol. The Morgan fingerprint density at radius 2 is 1.76 bits per heavy atom. The van der Waals surface area contributed by atoms with Gasteiger partial charge in [0.05, 0.1) is 16.0 Å². The van der Waals surface area contributed by atoms with Crippen LogP contribution in [0.4, 0.5) is 18.0 Å². The van der Waals surface area contributed by atoms with Crippen molar-refractivity contribution >= 4 is 16.1 Å². The molecule has 1 atom stereocenters. The fourth-order valence-corrected chi connectivity index (χ4v) is 8.62. The van der Waals surface area contributed by atoms with Gasteiger partial charge in [0.1, 0.15) is 0 Å². The molecule has 11 heteroatoms. The molecule has 4 bridgehead atoms. The predicted octanol–water partition coefficient (Wildman–Crippen LogP) is 4.99. The molecule has 6 rings (SSSR count). The third-order valence-electron chi connectivity index (χ3n) is 7.94. The first-order chi connectivity index (χ1) is 16.0. The Bertz CT molecular complexity index is 1050. The van der Waals surface area contributed by atoms with E-state index in [9.17, 15) is 26.4 Å². The zero-order chi connectivity index (χ0) is 24.1. The van der Waals surface area contributed by atoms with Crippen molar-refractivity contribution in [3.05, 3.63) is 29.8 Å². The van der Waals surface area contributed by atoms with Gasteiger partial charge in [0.2, 0.25) is 10.0 Å². The molecule has 1 aromatic carbocycles. The van der Waals surface area contributed by atoms with Crippen molar-refractivity contribution in [3.8, 4) is 0 Å². The lowest BCUT2D eigenvalue weighted by Gasteiger charge is -2.54. The SMILES string of the molecule is O=C(N=NC12CC3CC(CC(C3)C1)C2)NCC1CCCN1S(=O)(=O)c1cccc(C(F)(F)F)c1. The molecule has 0 radical (unpaired) electrons. The summed E-state index contributed by atoms with van der Waals surface area (Å²) in [6.45, 7) is 0.227. The monoisotopic (exact) mass is 498 g/mol. The zero-order valence-electron chi connectivity index (χ0n) is 18.8. The number of nitrogens with zero attached hydrogens (tertiary/aromatic N) is 3. The number of nitrogens with one attached hydrogen (secondary N) is 1. The van der Waals surface area contributed by atoms with Gasteiger partial charge in [0.25, 0.3) is 0 Å². The molecule has 1 aliphatic heterocycles. The molecule has 0 spiro atoms. The molecule has 4 aliphatic carbocycles. The minimum Gasteiger partial charge on any atom is -0.333 e. The number of halogens is 3. The molecule has 0 aromatic heterocycles. The van der Waals surface area contributed by atoms with Crippen molar-refractivity contribution in [2.24, 2.45) is 28.0 Å². The number of sulfonamides is 1. The summed E-state index contributed by atoms with van der Waals surface area (Å²) in [5.41, 5.74) is -1.24. The largest absolute Gasteiger partial charge is 0.416 e. The van der Waals surface area contributed by atoms with Gasteiger partial charge >= 0.3 is 12.2 Å². The van der Waals surface area contributed by atoms with Crippen molar-refractivity contribution in [1.29, 1.82) is 0 Å². The van der Waals surface area contributed by atoms with Gasteiger partial charge in [0.15, 0.2) is 0 Å².